The van der Waals surface area contributed by atoms with Crippen LogP contribution in [0.2, 0.25) is 5.02 Å². The smallest absolute Gasteiger partial charge is 0.121 e. The number of pyridine rings is 1. The van der Waals surface area contributed by atoms with E-state index in [1.54, 1.807) is 24.0 Å². The van der Waals surface area contributed by atoms with Gasteiger partial charge in [-0.15, -0.1) is 11.8 Å². The zero-order chi connectivity index (χ0) is 8.97. The third-order valence-electron chi connectivity index (χ3n) is 1.25. The molecule has 0 aliphatic heterocycles. The molecule has 5 heteroatoms. The number of nitrogen functional groups attached to an aromatic ring is 1. The van der Waals surface area contributed by atoms with Crippen molar-refractivity contribution in [2.75, 3.05) is 11.2 Å². The number of halogens is 1. The molecule has 0 fully saturated rings. The molecular formula is C7H10ClN3S. The van der Waals surface area contributed by atoms with E-state index in [1.807, 2.05) is 0 Å². The maximum absolute atomic E-state index is 5.73. The second-order valence-electron chi connectivity index (χ2n) is 2.08. The molecule has 0 saturated heterocycles. The number of nitrogens with one attached hydrogen (secondary N) is 1. The minimum absolute atomic E-state index is 0.586. The molecule has 1 rings (SSSR count). The van der Waals surface area contributed by atoms with E-state index in [9.17, 15) is 0 Å². The van der Waals surface area contributed by atoms with E-state index in [0.29, 0.717) is 5.02 Å². The van der Waals surface area contributed by atoms with Crippen molar-refractivity contribution >= 4 is 29.1 Å². The highest BCUT2D eigenvalue weighted by Gasteiger charge is 2.02. The quantitative estimate of drug-likeness (QED) is 0.449. The SMILES string of the molecule is CCSc1ncc(Cl)cc1NN. The zero-order valence-electron chi connectivity index (χ0n) is 6.67. The lowest BCUT2D eigenvalue weighted by molar-refractivity contribution is 1.11. The Hall–Kier alpha value is -0.450. The van der Waals surface area contributed by atoms with Gasteiger partial charge < -0.3 is 5.43 Å². The largest absolute Gasteiger partial charge is 0.322 e. The molecule has 0 aliphatic rings. The zero-order valence-corrected chi connectivity index (χ0v) is 8.25. The van der Waals surface area contributed by atoms with Gasteiger partial charge in [-0.05, 0) is 11.8 Å². The Bertz CT molecular complexity index is 267. The summed E-state index contributed by atoms with van der Waals surface area (Å²) in [4.78, 5) is 4.13. The van der Waals surface area contributed by atoms with Crippen LogP contribution in [-0.2, 0) is 0 Å². The Morgan fingerprint density at radius 2 is 2.50 bits per heavy atom. The molecule has 0 amide bonds. The predicted molar refractivity (Wildman–Crippen MR) is 53.5 cm³/mol. The van der Waals surface area contributed by atoms with Crippen molar-refractivity contribution in [1.82, 2.24) is 4.98 Å². The standard InChI is InChI=1S/C7H10ClN3S/c1-2-12-7-6(11-9)3-5(8)4-10-7/h3-4,11H,2,9H2,1H3. The molecule has 3 N–H and O–H groups in total. The number of anilines is 1. The Morgan fingerprint density at radius 1 is 1.75 bits per heavy atom. The lowest BCUT2D eigenvalue weighted by Gasteiger charge is -2.05. The van der Waals surface area contributed by atoms with Crippen LogP contribution in [0.3, 0.4) is 0 Å². The summed E-state index contributed by atoms with van der Waals surface area (Å²) >= 11 is 7.35. The van der Waals surface area contributed by atoms with Gasteiger partial charge in [-0.2, -0.15) is 0 Å². The molecule has 0 radical (unpaired) electrons. The van der Waals surface area contributed by atoms with Crippen molar-refractivity contribution in [3.05, 3.63) is 17.3 Å². The number of nitrogens with two attached hydrogens (primary N) is 1. The van der Waals surface area contributed by atoms with Crippen LogP contribution in [0.1, 0.15) is 6.92 Å². The first-order valence-electron chi connectivity index (χ1n) is 3.53. The van der Waals surface area contributed by atoms with E-state index in [4.69, 9.17) is 17.4 Å². The second kappa shape index (κ2) is 4.54. The molecule has 0 spiro atoms. The van der Waals surface area contributed by atoms with E-state index in [2.05, 4.69) is 17.3 Å². The van der Waals surface area contributed by atoms with E-state index < -0.39 is 0 Å². The number of thioether (sulfide) groups is 1. The first-order chi connectivity index (χ1) is 5.77. The minimum Gasteiger partial charge on any atom is -0.322 e. The van der Waals surface area contributed by atoms with Crippen LogP contribution in [0.5, 0.6) is 0 Å². The molecule has 1 aromatic rings. The van der Waals surface area contributed by atoms with Gasteiger partial charge in [-0.3, -0.25) is 5.84 Å². The number of hydrogen-bond acceptors (Lipinski definition) is 4. The maximum atomic E-state index is 5.73. The molecule has 0 saturated carbocycles. The van der Waals surface area contributed by atoms with Gasteiger partial charge >= 0.3 is 0 Å². The molecular weight excluding hydrogens is 194 g/mol. The van der Waals surface area contributed by atoms with Gasteiger partial charge in [0.25, 0.3) is 0 Å². The number of hydrogen-bond donors (Lipinski definition) is 2. The maximum Gasteiger partial charge on any atom is 0.121 e. The molecule has 1 aromatic heterocycles. The van der Waals surface area contributed by atoms with E-state index in [-0.39, 0.29) is 0 Å². The van der Waals surface area contributed by atoms with E-state index >= 15 is 0 Å². The van der Waals surface area contributed by atoms with Crippen LogP contribution in [-0.4, -0.2) is 10.7 Å². The fourth-order valence-corrected chi connectivity index (χ4v) is 1.61. The number of hydrazine groups is 1. The molecule has 0 aliphatic carbocycles. The average Bonchev–Trinajstić information content (AvgIpc) is 2.08. The number of aromatic nitrogens is 1. The van der Waals surface area contributed by atoms with Crippen molar-refractivity contribution in [2.45, 2.75) is 11.9 Å². The highest BCUT2D eigenvalue weighted by Crippen LogP contribution is 2.26. The predicted octanol–water partition coefficient (Wildman–Crippen LogP) is 2.13. The molecule has 1 heterocycles. The summed E-state index contributed by atoms with van der Waals surface area (Å²) in [7, 11) is 0. The van der Waals surface area contributed by atoms with E-state index in [0.717, 1.165) is 16.5 Å². The Kier molecular flexibility index (Phi) is 3.65. The monoisotopic (exact) mass is 203 g/mol. The van der Waals surface area contributed by atoms with E-state index in [1.165, 1.54) is 0 Å². The fraction of sp³-hybridized carbons (Fsp3) is 0.286. The van der Waals surface area contributed by atoms with Crippen LogP contribution < -0.4 is 11.3 Å². The van der Waals surface area contributed by atoms with Crippen molar-refractivity contribution in [2.24, 2.45) is 5.84 Å². The van der Waals surface area contributed by atoms with Gasteiger partial charge in [0.15, 0.2) is 0 Å². The molecule has 0 unspecified atom stereocenters. The summed E-state index contributed by atoms with van der Waals surface area (Å²) in [6.45, 7) is 2.06. The third-order valence-corrected chi connectivity index (χ3v) is 2.35. The molecule has 66 valence electrons. The highest BCUT2D eigenvalue weighted by molar-refractivity contribution is 7.99. The Balaban J connectivity index is 2.94. The van der Waals surface area contributed by atoms with Gasteiger partial charge in [0, 0.05) is 6.20 Å². The lowest BCUT2D eigenvalue weighted by Crippen LogP contribution is -2.08. The first-order valence-corrected chi connectivity index (χ1v) is 4.89. The molecule has 3 nitrogen and oxygen atoms in total. The van der Waals surface area contributed by atoms with Crippen LogP contribution in [0.4, 0.5) is 5.69 Å². The van der Waals surface area contributed by atoms with Crippen LogP contribution in [0.25, 0.3) is 0 Å². The minimum atomic E-state index is 0.586. The summed E-state index contributed by atoms with van der Waals surface area (Å²) in [5.41, 5.74) is 3.33. The van der Waals surface area contributed by atoms with Crippen LogP contribution in [0.15, 0.2) is 17.3 Å². The van der Waals surface area contributed by atoms with Gasteiger partial charge in [0.1, 0.15) is 5.03 Å². The molecule has 0 bridgehead atoms. The summed E-state index contributed by atoms with van der Waals surface area (Å²) in [6.07, 6.45) is 1.61. The van der Waals surface area contributed by atoms with Crippen LogP contribution in [0, 0.1) is 0 Å². The Labute approximate surface area is 80.7 Å². The summed E-state index contributed by atoms with van der Waals surface area (Å²) < 4.78 is 0. The third kappa shape index (κ3) is 2.27. The van der Waals surface area contributed by atoms with Gasteiger partial charge in [0.05, 0.1) is 10.7 Å². The number of nitrogens with zero attached hydrogens (tertiary/aromatic N) is 1. The molecule has 12 heavy (non-hydrogen) atoms. The second-order valence-corrected chi connectivity index (χ2v) is 3.77. The molecule has 0 atom stereocenters. The van der Waals surface area contributed by atoms with Gasteiger partial charge in [-0.1, -0.05) is 18.5 Å². The number of rotatable bonds is 3. The topological polar surface area (TPSA) is 50.9 Å². The van der Waals surface area contributed by atoms with Crippen molar-refractivity contribution in [1.29, 1.82) is 0 Å². The Morgan fingerprint density at radius 3 is 3.08 bits per heavy atom. The summed E-state index contributed by atoms with van der Waals surface area (Å²) in [5, 5.41) is 1.47. The first kappa shape index (κ1) is 9.64. The lowest BCUT2D eigenvalue weighted by atomic mass is 10.4. The fourth-order valence-electron chi connectivity index (χ4n) is 0.782. The van der Waals surface area contributed by atoms with Crippen LogP contribution >= 0.6 is 23.4 Å². The van der Waals surface area contributed by atoms with Crippen molar-refractivity contribution in [3.8, 4) is 0 Å². The normalized spacial score (nSPS) is 9.92. The summed E-state index contributed by atoms with van der Waals surface area (Å²) in [6, 6.07) is 1.76. The van der Waals surface area contributed by atoms with Gasteiger partial charge in [-0.25, -0.2) is 4.98 Å². The van der Waals surface area contributed by atoms with Gasteiger partial charge in [0.2, 0.25) is 0 Å². The average molecular weight is 204 g/mol. The highest BCUT2D eigenvalue weighted by atomic mass is 35.5. The molecule has 0 aromatic carbocycles. The summed E-state index contributed by atoms with van der Waals surface area (Å²) in [5.74, 6) is 6.25. The van der Waals surface area contributed by atoms with Crippen molar-refractivity contribution < 1.29 is 0 Å². The van der Waals surface area contributed by atoms with Crippen molar-refractivity contribution in [3.63, 3.8) is 0 Å².